The second-order valence-corrected chi connectivity index (χ2v) is 4.81. The third kappa shape index (κ3) is 2.61. The Morgan fingerprint density at radius 2 is 2.14 bits per heavy atom. The molecule has 2 nitrogen and oxygen atoms in total. The quantitative estimate of drug-likeness (QED) is 0.779. The van der Waals surface area contributed by atoms with E-state index < -0.39 is 0 Å². The van der Waals surface area contributed by atoms with E-state index in [1.54, 1.807) is 6.20 Å². The Morgan fingerprint density at radius 1 is 1.50 bits per heavy atom. The fourth-order valence-corrected chi connectivity index (χ4v) is 1.11. The van der Waals surface area contributed by atoms with Gasteiger partial charge in [0.05, 0.1) is 5.38 Å². The number of aryl methyl sites for hydroxylation is 1. The first-order chi connectivity index (χ1) is 6.43. The average Bonchev–Trinajstić information content (AvgIpc) is 2.08. The van der Waals surface area contributed by atoms with Gasteiger partial charge in [0.25, 0.3) is 0 Å². The monoisotopic (exact) mass is 212 g/mol. The highest BCUT2D eigenvalue weighted by molar-refractivity contribution is 6.21. The maximum atomic E-state index is 6.09. The first-order valence-electron chi connectivity index (χ1n) is 4.76. The standard InChI is InChI=1S/C11H17ClN2/c1-8-7-13-6-5-10(8)14-11(3,4)9(2)12/h5-7,9H,1-4H3,(H,13,14). The molecule has 0 aliphatic rings. The molecule has 3 heteroatoms. The first kappa shape index (κ1) is 11.3. The zero-order valence-electron chi connectivity index (χ0n) is 9.13. The Balaban J connectivity index is 2.84. The summed E-state index contributed by atoms with van der Waals surface area (Å²) >= 11 is 6.09. The van der Waals surface area contributed by atoms with Gasteiger partial charge in [-0.15, -0.1) is 11.6 Å². The summed E-state index contributed by atoms with van der Waals surface area (Å²) in [5.74, 6) is 0. The second-order valence-electron chi connectivity index (χ2n) is 4.15. The van der Waals surface area contributed by atoms with E-state index in [1.807, 2.05) is 26.1 Å². The van der Waals surface area contributed by atoms with Gasteiger partial charge in [0.2, 0.25) is 0 Å². The van der Waals surface area contributed by atoms with Crippen molar-refractivity contribution in [1.29, 1.82) is 0 Å². The van der Waals surface area contributed by atoms with E-state index in [4.69, 9.17) is 11.6 Å². The van der Waals surface area contributed by atoms with Gasteiger partial charge in [-0.25, -0.2) is 0 Å². The smallest absolute Gasteiger partial charge is 0.0532 e. The van der Waals surface area contributed by atoms with Crippen LogP contribution >= 0.6 is 11.6 Å². The van der Waals surface area contributed by atoms with Crippen LogP contribution in [0.1, 0.15) is 26.3 Å². The lowest BCUT2D eigenvalue weighted by Gasteiger charge is -2.30. The summed E-state index contributed by atoms with van der Waals surface area (Å²) < 4.78 is 0. The number of halogens is 1. The van der Waals surface area contributed by atoms with Crippen LogP contribution in [0.15, 0.2) is 18.5 Å². The molecule has 1 N–H and O–H groups in total. The molecule has 1 rings (SSSR count). The normalized spacial score (nSPS) is 13.8. The summed E-state index contributed by atoms with van der Waals surface area (Å²) in [6.45, 7) is 8.20. The largest absolute Gasteiger partial charge is 0.378 e. The Bertz CT molecular complexity index is 308. The van der Waals surface area contributed by atoms with Gasteiger partial charge in [0, 0.05) is 23.6 Å². The minimum absolute atomic E-state index is 0.0649. The minimum Gasteiger partial charge on any atom is -0.378 e. The van der Waals surface area contributed by atoms with Crippen molar-refractivity contribution in [3.8, 4) is 0 Å². The highest BCUT2D eigenvalue weighted by Gasteiger charge is 2.23. The molecule has 14 heavy (non-hydrogen) atoms. The highest BCUT2D eigenvalue weighted by Crippen LogP contribution is 2.23. The molecule has 0 saturated heterocycles. The van der Waals surface area contributed by atoms with Crippen LogP contribution in [-0.2, 0) is 0 Å². The van der Waals surface area contributed by atoms with E-state index in [0.717, 1.165) is 11.3 Å². The van der Waals surface area contributed by atoms with Gasteiger partial charge in [-0.3, -0.25) is 4.98 Å². The van der Waals surface area contributed by atoms with Gasteiger partial charge in [-0.2, -0.15) is 0 Å². The summed E-state index contributed by atoms with van der Waals surface area (Å²) in [5, 5.41) is 3.48. The molecular formula is C11H17ClN2. The lowest BCUT2D eigenvalue weighted by Crippen LogP contribution is -2.39. The maximum absolute atomic E-state index is 6.09. The summed E-state index contributed by atoms with van der Waals surface area (Å²) in [4.78, 5) is 4.05. The number of pyridine rings is 1. The summed E-state index contributed by atoms with van der Waals surface area (Å²) in [6, 6.07) is 1.97. The molecule has 0 spiro atoms. The number of alkyl halides is 1. The molecule has 0 aliphatic heterocycles. The molecule has 1 aromatic heterocycles. The van der Waals surface area contributed by atoms with Gasteiger partial charge < -0.3 is 5.32 Å². The SMILES string of the molecule is Cc1cnccc1NC(C)(C)C(C)Cl. The molecule has 0 saturated carbocycles. The average molecular weight is 213 g/mol. The minimum atomic E-state index is -0.117. The molecule has 0 aliphatic carbocycles. The van der Waals surface area contributed by atoms with Crippen LogP contribution in [0.25, 0.3) is 0 Å². The molecular weight excluding hydrogens is 196 g/mol. The van der Waals surface area contributed by atoms with Crippen molar-refractivity contribution in [1.82, 2.24) is 4.98 Å². The highest BCUT2D eigenvalue weighted by atomic mass is 35.5. The van der Waals surface area contributed by atoms with Crippen molar-refractivity contribution in [3.05, 3.63) is 24.0 Å². The fraction of sp³-hybridized carbons (Fsp3) is 0.545. The number of nitrogens with one attached hydrogen (secondary N) is 1. The first-order valence-corrected chi connectivity index (χ1v) is 5.20. The van der Waals surface area contributed by atoms with E-state index in [0.29, 0.717) is 0 Å². The van der Waals surface area contributed by atoms with E-state index in [9.17, 15) is 0 Å². The zero-order valence-corrected chi connectivity index (χ0v) is 9.89. The summed E-state index contributed by atoms with van der Waals surface area (Å²) in [7, 11) is 0. The number of hydrogen-bond acceptors (Lipinski definition) is 2. The van der Waals surface area contributed by atoms with Crippen molar-refractivity contribution >= 4 is 17.3 Å². The Kier molecular flexibility index (Phi) is 3.38. The number of hydrogen-bond donors (Lipinski definition) is 1. The number of anilines is 1. The van der Waals surface area contributed by atoms with Crippen molar-refractivity contribution < 1.29 is 0 Å². The molecule has 0 aromatic carbocycles. The van der Waals surface area contributed by atoms with Gasteiger partial charge in [0.1, 0.15) is 0 Å². The maximum Gasteiger partial charge on any atom is 0.0532 e. The second kappa shape index (κ2) is 4.18. The van der Waals surface area contributed by atoms with E-state index in [1.165, 1.54) is 0 Å². The van der Waals surface area contributed by atoms with Gasteiger partial charge in [-0.05, 0) is 39.3 Å². The van der Waals surface area contributed by atoms with Crippen LogP contribution in [0.3, 0.4) is 0 Å². The van der Waals surface area contributed by atoms with E-state index >= 15 is 0 Å². The number of aromatic nitrogens is 1. The van der Waals surface area contributed by atoms with Crippen molar-refractivity contribution in [2.75, 3.05) is 5.32 Å². The molecule has 0 fully saturated rings. The molecule has 0 radical (unpaired) electrons. The predicted molar refractivity (Wildman–Crippen MR) is 62.0 cm³/mol. The third-order valence-electron chi connectivity index (χ3n) is 2.47. The van der Waals surface area contributed by atoms with Crippen LogP contribution < -0.4 is 5.32 Å². The number of rotatable bonds is 3. The lowest BCUT2D eigenvalue weighted by molar-refractivity contribution is 0.554. The summed E-state index contributed by atoms with van der Waals surface area (Å²) in [5.41, 5.74) is 2.11. The Hall–Kier alpha value is -0.760. The van der Waals surface area contributed by atoms with Crippen molar-refractivity contribution in [2.45, 2.75) is 38.6 Å². The zero-order chi connectivity index (χ0) is 10.8. The summed E-state index contributed by atoms with van der Waals surface area (Å²) in [6.07, 6.45) is 3.63. The molecule has 1 unspecified atom stereocenters. The Labute approximate surface area is 90.7 Å². The van der Waals surface area contributed by atoms with Crippen molar-refractivity contribution in [3.63, 3.8) is 0 Å². The van der Waals surface area contributed by atoms with Crippen LogP contribution in [0.4, 0.5) is 5.69 Å². The fourth-order valence-electron chi connectivity index (χ4n) is 1.06. The van der Waals surface area contributed by atoms with Crippen LogP contribution in [0, 0.1) is 6.92 Å². The van der Waals surface area contributed by atoms with Gasteiger partial charge >= 0.3 is 0 Å². The van der Waals surface area contributed by atoms with Crippen molar-refractivity contribution in [2.24, 2.45) is 0 Å². The lowest BCUT2D eigenvalue weighted by atomic mass is 10.0. The van der Waals surface area contributed by atoms with Gasteiger partial charge in [-0.1, -0.05) is 0 Å². The Morgan fingerprint density at radius 3 is 2.64 bits per heavy atom. The topological polar surface area (TPSA) is 24.9 Å². The van der Waals surface area contributed by atoms with E-state index in [2.05, 4.69) is 24.1 Å². The van der Waals surface area contributed by atoms with Crippen LogP contribution in [-0.4, -0.2) is 15.9 Å². The van der Waals surface area contributed by atoms with E-state index in [-0.39, 0.29) is 10.9 Å². The van der Waals surface area contributed by atoms with Crippen LogP contribution in [0.2, 0.25) is 0 Å². The number of nitrogens with zero attached hydrogens (tertiary/aromatic N) is 1. The van der Waals surface area contributed by atoms with Gasteiger partial charge in [0.15, 0.2) is 0 Å². The molecule has 78 valence electrons. The van der Waals surface area contributed by atoms with Crippen LogP contribution in [0.5, 0.6) is 0 Å². The molecule has 1 aromatic rings. The molecule has 0 bridgehead atoms. The molecule has 0 amide bonds. The predicted octanol–water partition coefficient (Wildman–Crippen LogP) is 3.21. The molecule has 1 atom stereocenters. The third-order valence-corrected chi connectivity index (χ3v) is 3.02. The molecule has 1 heterocycles.